The predicted molar refractivity (Wildman–Crippen MR) is 52.8 cm³/mol. The van der Waals surface area contributed by atoms with Crippen molar-refractivity contribution >= 4 is 15.9 Å². The van der Waals surface area contributed by atoms with Crippen LogP contribution in [-0.4, -0.2) is 5.11 Å². The van der Waals surface area contributed by atoms with E-state index in [1.807, 2.05) is 6.08 Å². The highest BCUT2D eigenvalue weighted by molar-refractivity contribution is 9.11. The third kappa shape index (κ3) is 4.85. The van der Waals surface area contributed by atoms with Gasteiger partial charge >= 0.3 is 0 Å². The highest BCUT2D eigenvalue weighted by Gasteiger charge is 1.90. The van der Waals surface area contributed by atoms with Crippen LogP contribution in [0, 0.1) is 0 Å². The van der Waals surface area contributed by atoms with Gasteiger partial charge in [-0.25, -0.2) is 0 Å². The molecule has 0 unspecified atom stereocenters. The molecule has 1 nitrogen and oxygen atoms in total. The van der Waals surface area contributed by atoms with Gasteiger partial charge in [0.15, 0.2) is 0 Å². The van der Waals surface area contributed by atoms with Gasteiger partial charge in [-0.15, -0.1) is 0 Å². The van der Waals surface area contributed by atoms with Gasteiger partial charge in [0.1, 0.15) is 5.76 Å². The smallest absolute Gasteiger partial charge is 0.129 e. The molecule has 62 valence electrons. The van der Waals surface area contributed by atoms with Crippen molar-refractivity contribution in [2.24, 2.45) is 0 Å². The lowest BCUT2D eigenvalue weighted by molar-refractivity contribution is 0.431. The summed E-state index contributed by atoms with van der Waals surface area (Å²) in [7, 11) is 0. The van der Waals surface area contributed by atoms with Gasteiger partial charge in [0, 0.05) is 0 Å². The maximum Gasteiger partial charge on any atom is 0.129 e. The highest BCUT2D eigenvalue weighted by Crippen LogP contribution is 2.11. The fourth-order valence-corrected chi connectivity index (χ4v) is 0.678. The molecular weight excluding hydrogens is 204 g/mol. The standard InChI is InChI=1S/C9H13BrO/c1-3-5-6-7-9(11)8(10)4-2/h4,6-7,11H,2-3,5H2,1H3/b7-6-,9-8-. The summed E-state index contributed by atoms with van der Waals surface area (Å²) >= 11 is 3.15. The second-order valence-electron chi connectivity index (χ2n) is 2.13. The van der Waals surface area contributed by atoms with E-state index in [1.165, 1.54) is 0 Å². The molecule has 0 aromatic carbocycles. The number of hydrogen-bond donors (Lipinski definition) is 1. The summed E-state index contributed by atoms with van der Waals surface area (Å²) < 4.78 is 0.629. The quantitative estimate of drug-likeness (QED) is 0.562. The number of halogens is 1. The zero-order valence-corrected chi connectivity index (χ0v) is 8.26. The van der Waals surface area contributed by atoms with Crippen molar-refractivity contribution in [2.45, 2.75) is 19.8 Å². The molecule has 0 aliphatic carbocycles. The first kappa shape index (κ1) is 10.5. The molecule has 1 N–H and O–H groups in total. The first-order chi connectivity index (χ1) is 5.22. The molecule has 0 aromatic rings. The van der Waals surface area contributed by atoms with Gasteiger partial charge in [-0.3, -0.25) is 0 Å². The Labute approximate surface area is 76.3 Å². The third-order valence-corrected chi connectivity index (χ3v) is 1.88. The minimum atomic E-state index is 0.230. The highest BCUT2D eigenvalue weighted by atomic mass is 79.9. The lowest BCUT2D eigenvalue weighted by Crippen LogP contribution is -1.76. The zero-order chi connectivity index (χ0) is 8.69. The zero-order valence-electron chi connectivity index (χ0n) is 6.68. The van der Waals surface area contributed by atoms with E-state index < -0.39 is 0 Å². The van der Waals surface area contributed by atoms with Crippen LogP contribution in [0.5, 0.6) is 0 Å². The minimum Gasteiger partial charge on any atom is -0.507 e. The van der Waals surface area contributed by atoms with E-state index in [4.69, 9.17) is 0 Å². The topological polar surface area (TPSA) is 20.2 Å². The Morgan fingerprint density at radius 3 is 2.73 bits per heavy atom. The molecule has 0 atom stereocenters. The first-order valence-corrected chi connectivity index (χ1v) is 4.39. The van der Waals surface area contributed by atoms with Crippen LogP contribution in [0.1, 0.15) is 19.8 Å². The van der Waals surface area contributed by atoms with Gasteiger partial charge in [0.05, 0.1) is 4.48 Å². The van der Waals surface area contributed by atoms with E-state index in [2.05, 4.69) is 29.4 Å². The predicted octanol–water partition coefficient (Wildman–Crippen LogP) is 3.69. The van der Waals surface area contributed by atoms with Crippen LogP contribution in [0.3, 0.4) is 0 Å². The van der Waals surface area contributed by atoms with Crippen LogP contribution >= 0.6 is 15.9 Å². The van der Waals surface area contributed by atoms with E-state index in [1.54, 1.807) is 12.2 Å². The fourth-order valence-electron chi connectivity index (χ4n) is 0.546. The first-order valence-electron chi connectivity index (χ1n) is 3.60. The van der Waals surface area contributed by atoms with Crippen molar-refractivity contribution in [3.05, 3.63) is 35.0 Å². The Balaban J connectivity index is 4.03. The lowest BCUT2D eigenvalue weighted by atomic mass is 10.3. The average molecular weight is 217 g/mol. The van der Waals surface area contributed by atoms with E-state index in [0.717, 1.165) is 12.8 Å². The van der Waals surface area contributed by atoms with Crippen LogP contribution in [0.2, 0.25) is 0 Å². The molecule has 2 heteroatoms. The van der Waals surface area contributed by atoms with E-state index in [0.29, 0.717) is 4.48 Å². The van der Waals surface area contributed by atoms with Crippen LogP contribution < -0.4 is 0 Å². The Morgan fingerprint density at radius 1 is 1.64 bits per heavy atom. The number of aliphatic hydroxyl groups is 1. The summed E-state index contributed by atoms with van der Waals surface area (Å²) in [4.78, 5) is 0. The monoisotopic (exact) mass is 216 g/mol. The summed E-state index contributed by atoms with van der Waals surface area (Å²) in [5, 5.41) is 9.22. The maximum absolute atomic E-state index is 9.22. The van der Waals surface area contributed by atoms with Gasteiger partial charge in [-0.1, -0.05) is 32.1 Å². The fraction of sp³-hybridized carbons (Fsp3) is 0.333. The average Bonchev–Trinajstić information content (AvgIpc) is 2.03. The molecule has 0 fully saturated rings. The van der Waals surface area contributed by atoms with Crippen molar-refractivity contribution < 1.29 is 5.11 Å². The van der Waals surface area contributed by atoms with Gasteiger partial charge in [-0.2, -0.15) is 0 Å². The van der Waals surface area contributed by atoms with Crippen molar-refractivity contribution in [1.29, 1.82) is 0 Å². The molecule has 0 aliphatic rings. The van der Waals surface area contributed by atoms with Gasteiger partial charge < -0.3 is 5.11 Å². The van der Waals surface area contributed by atoms with E-state index in [-0.39, 0.29) is 5.76 Å². The molecule has 0 radical (unpaired) electrons. The molecule has 0 aliphatic heterocycles. The summed E-state index contributed by atoms with van der Waals surface area (Å²) in [6.45, 7) is 5.60. The van der Waals surface area contributed by atoms with Gasteiger partial charge in [-0.05, 0) is 28.4 Å². The summed E-state index contributed by atoms with van der Waals surface area (Å²) in [6, 6.07) is 0. The Kier molecular flexibility index (Phi) is 5.94. The molecule has 0 spiro atoms. The van der Waals surface area contributed by atoms with Crippen LogP contribution in [0.4, 0.5) is 0 Å². The SMILES string of the molecule is C=C/C(Br)=C(O)\C=C/CCC. The minimum absolute atomic E-state index is 0.230. The Bertz CT molecular complexity index is 180. The lowest BCUT2D eigenvalue weighted by Gasteiger charge is -1.92. The number of hydrogen-bond acceptors (Lipinski definition) is 1. The van der Waals surface area contributed by atoms with E-state index in [9.17, 15) is 5.11 Å². The number of allylic oxidation sites excluding steroid dienone is 4. The van der Waals surface area contributed by atoms with Gasteiger partial charge in [0.25, 0.3) is 0 Å². The summed E-state index contributed by atoms with van der Waals surface area (Å²) in [5.74, 6) is 0.230. The summed E-state index contributed by atoms with van der Waals surface area (Å²) in [5.41, 5.74) is 0. The number of rotatable bonds is 4. The number of unbranched alkanes of at least 4 members (excludes halogenated alkanes) is 1. The molecule has 0 saturated heterocycles. The molecule has 0 heterocycles. The van der Waals surface area contributed by atoms with E-state index >= 15 is 0 Å². The molecule has 0 saturated carbocycles. The Morgan fingerprint density at radius 2 is 2.27 bits per heavy atom. The van der Waals surface area contributed by atoms with Crippen molar-refractivity contribution in [3.8, 4) is 0 Å². The summed E-state index contributed by atoms with van der Waals surface area (Å²) in [6.07, 6.45) is 7.25. The molecular formula is C9H13BrO. The normalized spacial score (nSPS) is 13.3. The largest absolute Gasteiger partial charge is 0.507 e. The molecule has 11 heavy (non-hydrogen) atoms. The van der Waals surface area contributed by atoms with Gasteiger partial charge in [0.2, 0.25) is 0 Å². The second kappa shape index (κ2) is 6.23. The van der Waals surface area contributed by atoms with Crippen molar-refractivity contribution in [2.75, 3.05) is 0 Å². The van der Waals surface area contributed by atoms with Crippen molar-refractivity contribution in [1.82, 2.24) is 0 Å². The van der Waals surface area contributed by atoms with Crippen molar-refractivity contribution in [3.63, 3.8) is 0 Å². The molecule has 0 rings (SSSR count). The third-order valence-electron chi connectivity index (χ3n) is 1.15. The Hall–Kier alpha value is -0.500. The second-order valence-corrected chi connectivity index (χ2v) is 2.98. The van der Waals surface area contributed by atoms with Crippen LogP contribution in [-0.2, 0) is 0 Å². The molecule has 0 aromatic heterocycles. The van der Waals surface area contributed by atoms with Crippen LogP contribution in [0.25, 0.3) is 0 Å². The number of aliphatic hydroxyl groups excluding tert-OH is 1. The van der Waals surface area contributed by atoms with Crippen LogP contribution in [0.15, 0.2) is 35.0 Å². The maximum atomic E-state index is 9.22. The molecule has 0 amide bonds. The molecule has 0 bridgehead atoms.